The Labute approximate surface area is 117 Å². The maximum Gasteiger partial charge on any atom is 0.160 e. The molecule has 1 N–H and O–H groups in total. The van der Waals surface area contributed by atoms with E-state index >= 15 is 0 Å². The molecule has 3 rings (SSSR count). The van der Waals surface area contributed by atoms with E-state index < -0.39 is 0 Å². The molecule has 0 saturated carbocycles. The summed E-state index contributed by atoms with van der Waals surface area (Å²) < 4.78 is 1.85. The van der Waals surface area contributed by atoms with Crippen LogP contribution < -0.4 is 5.32 Å². The van der Waals surface area contributed by atoms with Crippen LogP contribution in [0, 0.1) is 6.92 Å². The van der Waals surface area contributed by atoms with Gasteiger partial charge in [-0.2, -0.15) is 9.61 Å². The smallest absolute Gasteiger partial charge is 0.160 e. The number of hydrogen-bond donors (Lipinski definition) is 1. The molecule has 5 heteroatoms. The number of anilines is 1. The van der Waals surface area contributed by atoms with Crippen molar-refractivity contribution in [3.63, 3.8) is 0 Å². The molecule has 3 aromatic rings. The molecule has 0 aliphatic carbocycles. The van der Waals surface area contributed by atoms with Crippen molar-refractivity contribution in [2.45, 2.75) is 26.8 Å². The second-order valence-corrected chi connectivity index (χ2v) is 4.76. The number of fused-ring (bicyclic) bond motifs is 1. The fraction of sp³-hybridized carbons (Fsp3) is 0.267. The van der Waals surface area contributed by atoms with Gasteiger partial charge in [-0.1, -0.05) is 13.0 Å². The van der Waals surface area contributed by atoms with Gasteiger partial charge in [-0.3, -0.25) is 4.98 Å². The highest BCUT2D eigenvalue weighted by molar-refractivity contribution is 5.53. The van der Waals surface area contributed by atoms with E-state index in [1.54, 1.807) is 6.20 Å². The van der Waals surface area contributed by atoms with Gasteiger partial charge in [0.1, 0.15) is 5.82 Å². The summed E-state index contributed by atoms with van der Waals surface area (Å²) in [6, 6.07) is 6.04. The van der Waals surface area contributed by atoms with E-state index in [9.17, 15) is 0 Å². The highest BCUT2D eigenvalue weighted by atomic mass is 15.3. The highest BCUT2D eigenvalue weighted by Crippen LogP contribution is 2.16. The van der Waals surface area contributed by atoms with E-state index in [0.717, 1.165) is 41.3 Å². The third-order valence-electron chi connectivity index (χ3n) is 3.26. The van der Waals surface area contributed by atoms with Crippen molar-refractivity contribution in [3.8, 4) is 0 Å². The van der Waals surface area contributed by atoms with Gasteiger partial charge in [0.05, 0.1) is 6.20 Å². The number of pyridine rings is 1. The summed E-state index contributed by atoms with van der Waals surface area (Å²) >= 11 is 0. The molecule has 0 aliphatic rings. The summed E-state index contributed by atoms with van der Waals surface area (Å²) in [5.41, 5.74) is 4.21. The summed E-state index contributed by atoms with van der Waals surface area (Å²) in [7, 11) is 0. The summed E-state index contributed by atoms with van der Waals surface area (Å²) in [5.74, 6) is 0.962. The Bertz CT molecular complexity index is 718. The van der Waals surface area contributed by atoms with Gasteiger partial charge in [0, 0.05) is 36.3 Å². The largest absolute Gasteiger partial charge is 0.366 e. The van der Waals surface area contributed by atoms with Crippen molar-refractivity contribution in [3.05, 3.63) is 53.6 Å². The zero-order valence-corrected chi connectivity index (χ0v) is 11.7. The third-order valence-corrected chi connectivity index (χ3v) is 3.26. The fourth-order valence-corrected chi connectivity index (χ4v) is 2.13. The van der Waals surface area contributed by atoms with Crippen LogP contribution in [0.3, 0.4) is 0 Å². The van der Waals surface area contributed by atoms with E-state index in [4.69, 9.17) is 0 Å². The normalized spacial score (nSPS) is 10.9. The SMILES string of the molecule is CCc1cc(NCc2cccnc2)n2ncc(C)c2n1. The first kappa shape index (κ1) is 12.6. The quantitative estimate of drug-likeness (QED) is 0.789. The average Bonchev–Trinajstić information content (AvgIpc) is 2.87. The topological polar surface area (TPSA) is 55.1 Å². The van der Waals surface area contributed by atoms with Crippen molar-refractivity contribution in [1.29, 1.82) is 0 Å². The minimum absolute atomic E-state index is 0.717. The first-order valence-corrected chi connectivity index (χ1v) is 6.75. The summed E-state index contributed by atoms with van der Waals surface area (Å²) in [5, 5.41) is 7.79. The van der Waals surface area contributed by atoms with Crippen LogP contribution in [-0.4, -0.2) is 19.6 Å². The maximum absolute atomic E-state index is 4.62. The molecular formula is C15H17N5. The molecule has 0 amide bonds. The predicted molar refractivity (Wildman–Crippen MR) is 78.7 cm³/mol. The van der Waals surface area contributed by atoms with Crippen LogP contribution in [0.25, 0.3) is 5.65 Å². The first-order valence-electron chi connectivity index (χ1n) is 6.75. The van der Waals surface area contributed by atoms with E-state index in [1.807, 2.05) is 36.0 Å². The Kier molecular flexibility index (Phi) is 3.33. The molecule has 0 spiro atoms. The summed E-state index contributed by atoms with van der Waals surface area (Å²) in [6.45, 7) is 4.85. The second-order valence-electron chi connectivity index (χ2n) is 4.76. The Morgan fingerprint density at radius 1 is 1.30 bits per heavy atom. The number of hydrogen-bond acceptors (Lipinski definition) is 4. The molecule has 0 radical (unpaired) electrons. The van der Waals surface area contributed by atoms with Gasteiger partial charge < -0.3 is 5.32 Å². The van der Waals surface area contributed by atoms with Crippen LogP contribution >= 0.6 is 0 Å². The summed E-state index contributed by atoms with van der Waals surface area (Å²) in [6.07, 6.45) is 6.39. The molecule has 0 fully saturated rings. The van der Waals surface area contributed by atoms with E-state index in [1.165, 1.54) is 0 Å². The lowest BCUT2D eigenvalue weighted by Crippen LogP contribution is -2.07. The zero-order chi connectivity index (χ0) is 13.9. The molecule has 0 saturated heterocycles. The molecule has 102 valence electrons. The molecule has 20 heavy (non-hydrogen) atoms. The van der Waals surface area contributed by atoms with Crippen molar-refractivity contribution in [1.82, 2.24) is 19.6 Å². The van der Waals surface area contributed by atoms with Crippen molar-refractivity contribution >= 4 is 11.5 Å². The lowest BCUT2D eigenvalue weighted by atomic mass is 10.2. The molecule has 0 unspecified atom stereocenters. The number of aromatic nitrogens is 4. The van der Waals surface area contributed by atoms with Crippen molar-refractivity contribution in [2.24, 2.45) is 0 Å². The first-order chi connectivity index (χ1) is 9.78. The average molecular weight is 267 g/mol. The van der Waals surface area contributed by atoms with Gasteiger partial charge in [0.25, 0.3) is 0 Å². The Morgan fingerprint density at radius 3 is 2.95 bits per heavy atom. The van der Waals surface area contributed by atoms with Crippen molar-refractivity contribution in [2.75, 3.05) is 5.32 Å². The number of aryl methyl sites for hydroxylation is 2. The van der Waals surface area contributed by atoms with Crippen LogP contribution in [-0.2, 0) is 13.0 Å². The van der Waals surface area contributed by atoms with Crippen molar-refractivity contribution < 1.29 is 0 Å². The molecule has 0 bridgehead atoms. The number of rotatable bonds is 4. The number of nitrogens with one attached hydrogen (secondary N) is 1. The van der Waals surface area contributed by atoms with Gasteiger partial charge in [-0.15, -0.1) is 0 Å². The molecule has 3 aromatic heterocycles. The highest BCUT2D eigenvalue weighted by Gasteiger charge is 2.08. The van der Waals surface area contributed by atoms with Crippen LogP contribution in [0.15, 0.2) is 36.8 Å². The maximum atomic E-state index is 4.62. The minimum atomic E-state index is 0.717. The minimum Gasteiger partial charge on any atom is -0.366 e. The lowest BCUT2D eigenvalue weighted by Gasteiger charge is -2.10. The second kappa shape index (κ2) is 5.28. The predicted octanol–water partition coefficient (Wildman–Crippen LogP) is 2.61. The van der Waals surface area contributed by atoms with E-state index in [0.29, 0.717) is 0 Å². The molecule has 0 aromatic carbocycles. The van der Waals surface area contributed by atoms with Crippen LogP contribution in [0.2, 0.25) is 0 Å². The lowest BCUT2D eigenvalue weighted by molar-refractivity contribution is 0.901. The van der Waals surface area contributed by atoms with Crippen LogP contribution in [0.1, 0.15) is 23.7 Å². The molecule has 0 aliphatic heterocycles. The van der Waals surface area contributed by atoms with Crippen LogP contribution in [0.5, 0.6) is 0 Å². The van der Waals surface area contributed by atoms with Gasteiger partial charge in [-0.05, 0) is 25.0 Å². The van der Waals surface area contributed by atoms with Crippen LogP contribution in [0.4, 0.5) is 5.82 Å². The Hall–Kier alpha value is -2.43. The monoisotopic (exact) mass is 267 g/mol. The molecular weight excluding hydrogens is 250 g/mol. The third kappa shape index (κ3) is 2.34. The van der Waals surface area contributed by atoms with Gasteiger partial charge in [0.15, 0.2) is 5.65 Å². The fourth-order valence-electron chi connectivity index (χ4n) is 2.13. The molecule has 3 heterocycles. The Morgan fingerprint density at radius 2 is 2.20 bits per heavy atom. The van der Waals surface area contributed by atoms with Gasteiger partial charge in [0.2, 0.25) is 0 Å². The standard InChI is InChI=1S/C15H17N5/c1-3-13-7-14(17-10-12-5-4-6-16-9-12)20-15(19-13)11(2)8-18-20/h4-9,17H,3,10H2,1-2H3. The zero-order valence-electron chi connectivity index (χ0n) is 11.7. The molecule has 5 nitrogen and oxygen atoms in total. The van der Waals surface area contributed by atoms with E-state index in [2.05, 4.69) is 33.4 Å². The van der Waals surface area contributed by atoms with E-state index in [-0.39, 0.29) is 0 Å². The van der Waals surface area contributed by atoms with Gasteiger partial charge >= 0.3 is 0 Å². The summed E-state index contributed by atoms with van der Waals surface area (Å²) in [4.78, 5) is 8.74. The molecule has 0 atom stereocenters. The van der Waals surface area contributed by atoms with Gasteiger partial charge in [-0.25, -0.2) is 4.98 Å². The Balaban J connectivity index is 1.94. The number of nitrogens with zero attached hydrogens (tertiary/aromatic N) is 4.